The van der Waals surface area contributed by atoms with Gasteiger partial charge in [0.25, 0.3) is 0 Å². The minimum Gasteiger partial charge on any atom is -0.355 e. The Bertz CT molecular complexity index is 621. The van der Waals surface area contributed by atoms with Crippen molar-refractivity contribution in [3.05, 3.63) is 54.6 Å². The quantitative estimate of drug-likeness (QED) is 0.810. The summed E-state index contributed by atoms with van der Waals surface area (Å²) in [6.45, 7) is 1.79. The average molecular weight is 295 g/mol. The minimum atomic E-state index is 0.0690. The number of piperidine rings is 1. The lowest BCUT2D eigenvalue weighted by Crippen LogP contribution is -2.37. The number of hydrogen-bond donors (Lipinski definition) is 3. The third kappa shape index (κ3) is 3.86. The van der Waals surface area contributed by atoms with Gasteiger partial charge in [0.2, 0.25) is 5.91 Å². The minimum absolute atomic E-state index is 0.0690. The highest BCUT2D eigenvalue weighted by molar-refractivity contribution is 5.93. The summed E-state index contributed by atoms with van der Waals surface area (Å²) in [6.07, 6.45) is 2.02. The molecule has 2 aromatic rings. The number of para-hydroxylation sites is 1. The van der Waals surface area contributed by atoms with Crippen LogP contribution in [0, 0.1) is 5.92 Å². The van der Waals surface area contributed by atoms with E-state index in [1.54, 1.807) is 0 Å². The van der Waals surface area contributed by atoms with Crippen molar-refractivity contribution in [3.63, 3.8) is 0 Å². The van der Waals surface area contributed by atoms with Crippen LogP contribution in [0.3, 0.4) is 0 Å². The van der Waals surface area contributed by atoms with Crippen molar-refractivity contribution in [2.75, 3.05) is 23.7 Å². The molecule has 0 radical (unpaired) electrons. The molecule has 1 aliphatic heterocycles. The topological polar surface area (TPSA) is 53.2 Å². The van der Waals surface area contributed by atoms with Gasteiger partial charge in [-0.05, 0) is 49.7 Å². The van der Waals surface area contributed by atoms with Crippen molar-refractivity contribution in [1.29, 1.82) is 0 Å². The van der Waals surface area contributed by atoms with Gasteiger partial charge < -0.3 is 16.0 Å². The first-order chi connectivity index (χ1) is 10.8. The van der Waals surface area contributed by atoms with E-state index in [0.717, 1.165) is 43.0 Å². The van der Waals surface area contributed by atoms with Crippen molar-refractivity contribution in [2.24, 2.45) is 5.92 Å². The van der Waals surface area contributed by atoms with Crippen LogP contribution in [-0.2, 0) is 4.79 Å². The van der Waals surface area contributed by atoms with Gasteiger partial charge in [-0.2, -0.15) is 0 Å². The number of rotatable bonds is 4. The first-order valence-corrected chi connectivity index (χ1v) is 7.75. The Hall–Kier alpha value is -2.33. The number of carbonyl (C=O) groups excluding carboxylic acids is 1. The van der Waals surface area contributed by atoms with Crippen LogP contribution in [0.2, 0.25) is 0 Å². The molecule has 1 amide bonds. The van der Waals surface area contributed by atoms with E-state index in [-0.39, 0.29) is 11.8 Å². The largest absolute Gasteiger partial charge is 0.355 e. The van der Waals surface area contributed by atoms with Gasteiger partial charge in [-0.15, -0.1) is 0 Å². The molecule has 1 saturated heterocycles. The van der Waals surface area contributed by atoms with Crippen LogP contribution in [0.15, 0.2) is 54.6 Å². The molecule has 1 unspecified atom stereocenters. The summed E-state index contributed by atoms with van der Waals surface area (Å²) in [7, 11) is 0. The molecule has 3 N–H and O–H groups in total. The van der Waals surface area contributed by atoms with Gasteiger partial charge in [0.05, 0.1) is 5.92 Å². The molecule has 1 atom stereocenters. The van der Waals surface area contributed by atoms with Crippen molar-refractivity contribution >= 4 is 23.0 Å². The summed E-state index contributed by atoms with van der Waals surface area (Å²) < 4.78 is 0. The molecule has 1 aliphatic rings. The maximum absolute atomic E-state index is 12.3. The van der Waals surface area contributed by atoms with Crippen LogP contribution in [0.4, 0.5) is 17.1 Å². The van der Waals surface area contributed by atoms with Gasteiger partial charge in [0.15, 0.2) is 0 Å². The predicted molar refractivity (Wildman–Crippen MR) is 90.4 cm³/mol. The van der Waals surface area contributed by atoms with Crippen LogP contribution in [0.1, 0.15) is 12.8 Å². The zero-order valence-corrected chi connectivity index (χ0v) is 12.5. The summed E-state index contributed by atoms with van der Waals surface area (Å²) in [5.41, 5.74) is 2.82. The second kappa shape index (κ2) is 7.09. The second-order valence-corrected chi connectivity index (χ2v) is 5.60. The van der Waals surface area contributed by atoms with Crippen molar-refractivity contribution in [2.45, 2.75) is 12.8 Å². The number of anilines is 3. The van der Waals surface area contributed by atoms with Gasteiger partial charge in [-0.25, -0.2) is 0 Å². The molecular weight excluding hydrogens is 274 g/mol. The summed E-state index contributed by atoms with van der Waals surface area (Å²) in [4.78, 5) is 12.3. The first-order valence-electron chi connectivity index (χ1n) is 7.75. The number of nitrogens with one attached hydrogen (secondary N) is 3. The van der Waals surface area contributed by atoms with E-state index in [4.69, 9.17) is 0 Å². The van der Waals surface area contributed by atoms with Crippen LogP contribution in [0.25, 0.3) is 0 Å². The molecule has 4 nitrogen and oxygen atoms in total. The van der Waals surface area contributed by atoms with Crippen LogP contribution in [0.5, 0.6) is 0 Å². The molecule has 0 bridgehead atoms. The Morgan fingerprint density at radius 2 is 1.77 bits per heavy atom. The number of hydrogen-bond acceptors (Lipinski definition) is 3. The molecule has 0 spiro atoms. The zero-order chi connectivity index (χ0) is 15.2. The smallest absolute Gasteiger partial charge is 0.228 e. The Kier molecular flexibility index (Phi) is 4.71. The fourth-order valence-corrected chi connectivity index (χ4v) is 2.68. The Morgan fingerprint density at radius 1 is 1.00 bits per heavy atom. The van der Waals surface area contributed by atoms with E-state index in [0.29, 0.717) is 0 Å². The van der Waals surface area contributed by atoms with E-state index < -0.39 is 0 Å². The predicted octanol–water partition coefficient (Wildman–Crippen LogP) is 3.37. The van der Waals surface area contributed by atoms with Crippen LogP contribution < -0.4 is 16.0 Å². The van der Waals surface area contributed by atoms with E-state index in [9.17, 15) is 4.79 Å². The summed E-state index contributed by atoms with van der Waals surface area (Å²) in [6, 6.07) is 17.8. The second-order valence-electron chi connectivity index (χ2n) is 5.60. The monoisotopic (exact) mass is 295 g/mol. The SMILES string of the molecule is O=C(Nc1cccc(Nc2ccccc2)c1)C1CCCNC1. The lowest BCUT2D eigenvalue weighted by atomic mass is 9.99. The lowest BCUT2D eigenvalue weighted by Gasteiger charge is -2.22. The third-order valence-electron chi connectivity index (χ3n) is 3.86. The molecule has 0 aromatic heterocycles. The average Bonchev–Trinajstić information content (AvgIpc) is 2.57. The van der Waals surface area contributed by atoms with Gasteiger partial charge in [0, 0.05) is 23.6 Å². The van der Waals surface area contributed by atoms with Gasteiger partial charge in [-0.1, -0.05) is 24.3 Å². The fraction of sp³-hybridized carbons (Fsp3) is 0.278. The van der Waals surface area contributed by atoms with Crippen LogP contribution >= 0.6 is 0 Å². The standard InChI is InChI=1S/C18H21N3O/c22-18(14-6-5-11-19-13-14)21-17-10-4-9-16(12-17)20-15-7-2-1-3-8-15/h1-4,7-10,12,14,19-20H,5-6,11,13H2,(H,21,22). The highest BCUT2D eigenvalue weighted by atomic mass is 16.1. The van der Waals surface area contributed by atoms with Crippen LogP contribution in [-0.4, -0.2) is 19.0 Å². The Morgan fingerprint density at radius 3 is 2.55 bits per heavy atom. The van der Waals surface area contributed by atoms with Gasteiger partial charge in [0.1, 0.15) is 0 Å². The van der Waals surface area contributed by atoms with E-state index in [1.165, 1.54) is 0 Å². The lowest BCUT2D eigenvalue weighted by molar-refractivity contribution is -0.120. The summed E-state index contributed by atoms with van der Waals surface area (Å²) >= 11 is 0. The summed E-state index contributed by atoms with van der Waals surface area (Å²) in [5, 5.41) is 9.62. The molecule has 1 fully saturated rings. The van der Waals surface area contributed by atoms with E-state index in [1.807, 2.05) is 54.6 Å². The number of amides is 1. The van der Waals surface area contributed by atoms with Crippen molar-refractivity contribution < 1.29 is 4.79 Å². The first kappa shape index (κ1) is 14.6. The molecule has 1 heterocycles. The molecule has 0 aliphatic carbocycles. The van der Waals surface area contributed by atoms with E-state index in [2.05, 4.69) is 16.0 Å². The highest BCUT2D eigenvalue weighted by Crippen LogP contribution is 2.21. The zero-order valence-electron chi connectivity index (χ0n) is 12.5. The normalized spacial score (nSPS) is 17.7. The fourth-order valence-electron chi connectivity index (χ4n) is 2.68. The molecular formula is C18H21N3O. The van der Waals surface area contributed by atoms with Gasteiger partial charge >= 0.3 is 0 Å². The Balaban J connectivity index is 1.64. The number of carbonyl (C=O) groups is 1. The maximum atomic E-state index is 12.3. The van der Waals surface area contributed by atoms with Crippen molar-refractivity contribution in [1.82, 2.24) is 5.32 Å². The summed E-state index contributed by atoms with van der Waals surface area (Å²) in [5.74, 6) is 0.170. The Labute approximate surface area is 130 Å². The van der Waals surface area contributed by atoms with E-state index >= 15 is 0 Å². The maximum Gasteiger partial charge on any atom is 0.228 e. The molecule has 2 aromatic carbocycles. The van der Waals surface area contributed by atoms with Crippen molar-refractivity contribution in [3.8, 4) is 0 Å². The molecule has 22 heavy (non-hydrogen) atoms. The molecule has 4 heteroatoms. The molecule has 0 saturated carbocycles. The molecule has 3 rings (SSSR count). The third-order valence-corrected chi connectivity index (χ3v) is 3.86. The number of benzene rings is 2. The highest BCUT2D eigenvalue weighted by Gasteiger charge is 2.20. The van der Waals surface area contributed by atoms with Gasteiger partial charge in [-0.3, -0.25) is 4.79 Å². The molecule has 114 valence electrons.